The van der Waals surface area contributed by atoms with E-state index in [-0.39, 0.29) is 24.2 Å². The van der Waals surface area contributed by atoms with Gasteiger partial charge in [0.05, 0.1) is 11.4 Å². The Balaban J connectivity index is 2.04. The summed E-state index contributed by atoms with van der Waals surface area (Å²) in [6, 6.07) is 5.94. The summed E-state index contributed by atoms with van der Waals surface area (Å²) in [5, 5.41) is 2.32. The predicted octanol–water partition coefficient (Wildman–Crippen LogP) is 2.20. The molecule has 0 saturated carbocycles. The number of thiazole rings is 1. The molecular weight excluding hydrogens is 279 g/mol. The molecule has 1 aliphatic rings. The lowest BCUT2D eigenvalue weighted by atomic mass is 9.80. The number of imide groups is 1. The fourth-order valence-corrected chi connectivity index (χ4v) is 3.28. The lowest BCUT2D eigenvalue weighted by molar-refractivity contribution is -0.135. The van der Waals surface area contributed by atoms with Gasteiger partial charge in [-0.1, -0.05) is 12.1 Å². The largest absolute Gasteiger partial charge is 0.296 e. The number of benzene rings is 1. The number of halogens is 1. The van der Waals surface area contributed by atoms with Crippen LogP contribution in [0, 0.1) is 5.82 Å². The zero-order valence-corrected chi connectivity index (χ0v) is 11.2. The molecule has 4 nitrogen and oxygen atoms in total. The van der Waals surface area contributed by atoms with Crippen molar-refractivity contribution >= 4 is 23.2 Å². The molecule has 2 atom stereocenters. The molecule has 1 saturated heterocycles. The number of nitrogens with one attached hydrogen (secondary N) is 1. The minimum Gasteiger partial charge on any atom is -0.296 e. The first kappa shape index (κ1) is 12.9. The summed E-state index contributed by atoms with van der Waals surface area (Å²) >= 11 is 1.40. The van der Waals surface area contributed by atoms with Gasteiger partial charge in [-0.05, 0) is 17.7 Å². The van der Waals surface area contributed by atoms with Gasteiger partial charge in [0.15, 0.2) is 0 Å². The number of amides is 2. The van der Waals surface area contributed by atoms with Gasteiger partial charge >= 0.3 is 0 Å². The van der Waals surface area contributed by atoms with Crippen LogP contribution in [0.1, 0.15) is 28.7 Å². The summed E-state index contributed by atoms with van der Waals surface area (Å²) in [7, 11) is 0. The van der Waals surface area contributed by atoms with Gasteiger partial charge in [-0.2, -0.15) is 0 Å². The molecule has 2 heterocycles. The highest BCUT2D eigenvalue weighted by Crippen LogP contribution is 2.39. The molecule has 102 valence electrons. The number of piperidine rings is 1. The normalized spacial score (nSPS) is 22.6. The van der Waals surface area contributed by atoms with Gasteiger partial charge in [-0.25, -0.2) is 4.39 Å². The van der Waals surface area contributed by atoms with E-state index in [1.165, 1.54) is 23.5 Å². The lowest BCUT2D eigenvalue weighted by Gasteiger charge is -2.29. The highest BCUT2D eigenvalue weighted by molar-refractivity contribution is 7.09. The van der Waals surface area contributed by atoms with E-state index in [0.717, 1.165) is 4.88 Å². The molecule has 1 fully saturated rings. The van der Waals surface area contributed by atoms with Crippen molar-refractivity contribution in [1.82, 2.24) is 10.3 Å². The number of carbonyl (C=O) groups excluding carboxylic acids is 2. The fourth-order valence-electron chi connectivity index (χ4n) is 2.52. The SMILES string of the molecule is O=C1CC(c2cncs2)C(c2cccc(F)c2)C(=O)N1. The minimum atomic E-state index is -0.566. The predicted molar refractivity (Wildman–Crippen MR) is 71.8 cm³/mol. The van der Waals surface area contributed by atoms with Crippen LogP contribution in [-0.2, 0) is 9.59 Å². The maximum atomic E-state index is 13.4. The van der Waals surface area contributed by atoms with E-state index in [0.29, 0.717) is 5.56 Å². The number of carbonyl (C=O) groups is 2. The van der Waals surface area contributed by atoms with E-state index in [9.17, 15) is 14.0 Å². The quantitative estimate of drug-likeness (QED) is 0.863. The van der Waals surface area contributed by atoms with Crippen molar-refractivity contribution in [1.29, 1.82) is 0 Å². The van der Waals surface area contributed by atoms with Crippen molar-refractivity contribution in [2.45, 2.75) is 18.3 Å². The van der Waals surface area contributed by atoms with Crippen LogP contribution in [0.5, 0.6) is 0 Å². The molecule has 2 aromatic rings. The average Bonchev–Trinajstić information content (AvgIpc) is 2.91. The van der Waals surface area contributed by atoms with Crippen LogP contribution in [-0.4, -0.2) is 16.8 Å². The first-order valence-corrected chi connectivity index (χ1v) is 7.00. The molecule has 1 aromatic carbocycles. The molecule has 0 bridgehead atoms. The van der Waals surface area contributed by atoms with Gasteiger partial charge in [-0.3, -0.25) is 19.9 Å². The Kier molecular flexibility index (Phi) is 3.31. The Morgan fingerprint density at radius 3 is 2.90 bits per heavy atom. The molecular formula is C14H11FN2O2S. The van der Waals surface area contributed by atoms with Crippen LogP contribution >= 0.6 is 11.3 Å². The summed E-state index contributed by atoms with van der Waals surface area (Å²) in [6.45, 7) is 0. The summed E-state index contributed by atoms with van der Waals surface area (Å²) in [5.41, 5.74) is 2.24. The summed E-state index contributed by atoms with van der Waals surface area (Å²) in [4.78, 5) is 28.6. The third-order valence-electron chi connectivity index (χ3n) is 3.38. The molecule has 1 N–H and O–H groups in total. The Labute approximate surface area is 118 Å². The Morgan fingerprint density at radius 2 is 2.20 bits per heavy atom. The second-order valence-corrected chi connectivity index (χ2v) is 5.58. The van der Waals surface area contributed by atoms with Crippen molar-refractivity contribution in [2.24, 2.45) is 0 Å². The molecule has 0 spiro atoms. The van der Waals surface area contributed by atoms with E-state index in [2.05, 4.69) is 10.3 Å². The van der Waals surface area contributed by atoms with Gasteiger partial charge in [0.25, 0.3) is 0 Å². The standard InChI is InChI=1S/C14H11FN2O2S/c15-9-3-1-2-8(4-9)13-10(11-6-16-7-20-11)5-12(18)17-14(13)19/h1-4,6-7,10,13H,5H2,(H,17,18,19). The van der Waals surface area contributed by atoms with E-state index in [1.807, 2.05) is 0 Å². The summed E-state index contributed by atoms with van der Waals surface area (Å²) in [5.74, 6) is -1.93. The summed E-state index contributed by atoms with van der Waals surface area (Å²) < 4.78 is 13.4. The molecule has 3 rings (SSSR count). The van der Waals surface area contributed by atoms with Crippen molar-refractivity contribution in [3.05, 3.63) is 52.2 Å². The van der Waals surface area contributed by atoms with Crippen molar-refractivity contribution in [3.63, 3.8) is 0 Å². The molecule has 1 aromatic heterocycles. The molecule has 2 unspecified atom stereocenters. The first-order valence-electron chi connectivity index (χ1n) is 6.12. The molecule has 0 radical (unpaired) electrons. The van der Waals surface area contributed by atoms with E-state index >= 15 is 0 Å². The zero-order chi connectivity index (χ0) is 14.1. The smallest absolute Gasteiger partial charge is 0.234 e. The second kappa shape index (κ2) is 5.13. The molecule has 20 heavy (non-hydrogen) atoms. The van der Waals surface area contributed by atoms with Crippen molar-refractivity contribution < 1.29 is 14.0 Å². The van der Waals surface area contributed by atoms with Crippen LogP contribution < -0.4 is 5.32 Å². The van der Waals surface area contributed by atoms with Gasteiger partial charge in [0.1, 0.15) is 5.82 Å². The first-order chi connectivity index (χ1) is 9.65. The third kappa shape index (κ3) is 2.34. The monoisotopic (exact) mass is 290 g/mol. The number of aromatic nitrogens is 1. The maximum absolute atomic E-state index is 13.4. The minimum absolute atomic E-state index is 0.203. The molecule has 2 amide bonds. The van der Waals surface area contributed by atoms with E-state index < -0.39 is 11.7 Å². The van der Waals surface area contributed by atoms with Gasteiger partial charge in [0.2, 0.25) is 11.8 Å². The second-order valence-electron chi connectivity index (χ2n) is 4.66. The van der Waals surface area contributed by atoms with Gasteiger partial charge in [-0.15, -0.1) is 11.3 Å². The average molecular weight is 290 g/mol. The van der Waals surface area contributed by atoms with E-state index in [1.54, 1.807) is 23.8 Å². The Hall–Kier alpha value is -2.08. The number of hydrogen-bond donors (Lipinski definition) is 1. The van der Waals surface area contributed by atoms with Crippen molar-refractivity contribution in [3.8, 4) is 0 Å². The van der Waals surface area contributed by atoms with Gasteiger partial charge in [0, 0.05) is 23.4 Å². The van der Waals surface area contributed by atoms with Crippen molar-refractivity contribution in [2.75, 3.05) is 0 Å². The molecule has 6 heteroatoms. The van der Waals surface area contributed by atoms with Crippen LogP contribution in [0.2, 0.25) is 0 Å². The fraction of sp³-hybridized carbons (Fsp3) is 0.214. The van der Waals surface area contributed by atoms with Crippen LogP contribution in [0.15, 0.2) is 36.0 Å². The molecule has 1 aliphatic heterocycles. The maximum Gasteiger partial charge on any atom is 0.234 e. The number of rotatable bonds is 2. The third-order valence-corrected chi connectivity index (χ3v) is 4.28. The van der Waals surface area contributed by atoms with Crippen LogP contribution in [0.3, 0.4) is 0 Å². The summed E-state index contributed by atoms with van der Waals surface area (Å²) in [6.07, 6.45) is 1.86. The Bertz CT molecular complexity index is 657. The van der Waals surface area contributed by atoms with Crippen LogP contribution in [0.4, 0.5) is 4.39 Å². The van der Waals surface area contributed by atoms with Gasteiger partial charge < -0.3 is 0 Å². The van der Waals surface area contributed by atoms with E-state index in [4.69, 9.17) is 0 Å². The number of hydrogen-bond acceptors (Lipinski definition) is 4. The lowest BCUT2D eigenvalue weighted by Crippen LogP contribution is -2.43. The Morgan fingerprint density at radius 1 is 1.35 bits per heavy atom. The number of nitrogens with zero attached hydrogens (tertiary/aromatic N) is 1. The zero-order valence-electron chi connectivity index (χ0n) is 10.4. The topological polar surface area (TPSA) is 59.1 Å². The highest BCUT2D eigenvalue weighted by atomic mass is 32.1. The van der Waals surface area contributed by atoms with Crippen LogP contribution in [0.25, 0.3) is 0 Å². The molecule has 0 aliphatic carbocycles. The highest BCUT2D eigenvalue weighted by Gasteiger charge is 2.38.